The molecule has 1 atom stereocenters. The number of aliphatic hydroxyl groups excluding tert-OH is 1. The Morgan fingerprint density at radius 1 is 1.43 bits per heavy atom. The van der Waals surface area contributed by atoms with Gasteiger partial charge in [-0.2, -0.15) is 0 Å². The number of hydrogen-bond donors (Lipinski definition) is 2. The minimum Gasteiger partial charge on any atom is -0.497 e. The first kappa shape index (κ1) is 16.1. The van der Waals surface area contributed by atoms with Gasteiger partial charge in [-0.15, -0.1) is 0 Å². The SMILES string of the molecule is CCCNC(CO)(CN(C)c1cccc(OC)c1)C1CC1. The molecular weight excluding hydrogens is 264 g/mol. The molecule has 1 unspecified atom stereocenters. The summed E-state index contributed by atoms with van der Waals surface area (Å²) in [6.07, 6.45) is 3.50. The van der Waals surface area contributed by atoms with E-state index in [2.05, 4.69) is 30.3 Å². The molecule has 118 valence electrons. The Morgan fingerprint density at radius 2 is 2.19 bits per heavy atom. The second kappa shape index (κ2) is 7.14. The summed E-state index contributed by atoms with van der Waals surface area (Å²) in [7, 11) is 3.76. The first-order valence-electron chi connectivity index (χ1n) is 7.86. The Kier molecular flexibility index (Phi) is 5.48. The van der Waals surface area contributed by atoms with E-state index in [1.165, 1.54) is 12.8 Å². The fourth-order valence-corrected chi connectivity index (χ4v) is 2.94. The zero-order valence-electron chi connectivity index (χ0n) is 13.4. The topological polar surface area (TPSA) is 44.7 Å². The van der Waals surface area contributed by atoms with Crippen LogP contribution in [0.4, 0.5) is 5.69 Å². The molecule has 2 rings (SSSR count). The molecule has 0 spiro atoms. The van der Waals surface area contributed by atoms with Gasteiger partial charge in [-0.25, -0.2) is 0 Å². The summed E-state index contributed by atoms with van der Waals surface area (Å²) in [5, 5.41) is 13.6. The molecule has 1 aromatic carbocycles. The zero-order valence-corrected chi connectivity index (χ0v) is 13.4. The van der Waals surface area contributed by atoms with Crippen molar-refractivity contribution in [3.05, 3.63) is 24.3 Å². The van der Waals surface area contributed by atoms with Gasteiger partial charge < -0.3 is 20.1 Å². The fraction of sp³-hybridized carbons (Fsp3) is 0.647. The van der Waals surface area contributed by atoms with E-state index >= 15 is 0 Å². The molecule has 2 N–H and O–H groups in total. The van der Waals surface area contributed by atoms with Gasteiger partial charge in [-0.1, -0.05) is 13.0 Å². The Bertz CT molecular complexity index is 448. The molecule has 0 radical (unpaired) electrons. The number of rotatable bonds is 9. The molecule has 0 heterocycles. The molecule has 4 nitrogen and oxygen atoms in total. The molecule has 21 heavy (non-hydrogen) atoms. The van der Waals surface area contributed by atoms with Crippen molar-refractivity contribution in [1.29, 1.82) is 0 Å². The summed E-state index contributed by atoms with van der Waals surface area (Å²) in [6.45, 7) is 4.10. The van der Waals surface area contributed by atoms with Crippen LogP contribution in [0.25, 0.3) is 0 Å². The van der Waals surface area contributed by atoms with Gasteiger partial charge in [0, 0.05) is 25.3 Å². The Hall–Kier alpha value is -1.26. The average Bonchev–Trinajstić information content (AvgIpc) is 3.36. The maximum Gasteiger partial charge on any atom is 0.120 e. The summed E-state index contributed by atoms with van der Waals surface area (Å²) >= 11 is 0. The van der Waals surface area contributed by atoms with Crippen LogP contribution in [0.5, 0.6) is 5.75 Å². The quantitative estimate of drug-likeness (QED) is 0.733. The van der Waals surface area contributed by atoms with Crippen LogP contribution in [-0.4, -0.2) is 44.5 Å². The number of nitrogens with one attached hydrogen (secondary N) is 1. The molecule has 1 aromatic rings. The van der Waals surface area contributed by atoms with Crippen LogP contribution in [0.2, 0.25) is 0 Å². The predicted molar refractivity (Wildman–Crippen MR) is 87.1 cm³/mol. The number of benzene rings is 1. The molecule has 0 aromatic heterocycles. The van der Waals surface area contributed by atoms with Crippen LogP contribution in [0.3, 0.4) is 0 Å². The third-order valence-corrected chi connectivity index (χ3v) is 4.38. The van der Waals surface area contributed by atoms with Crippen LogP contribution in [0, 0.1) is 5.92 Å². The van der Waals surface area contributed by atoms with E-state index in [0.29, 0.717) is 5.92 Å². The molecule has 1 aliphatic rings. The van der Waals surface area contributed by atoms with E-state index in [1.807, 2.05) is 18.2 Å². The van der Waals surface area contributed by atoms with Crippen molar-refractivity contribution in [3.63, 3.8) is 0 Å². The van der Waals surface area contributed by atoms with Crippen molar-refractivity contribution in [2.75, 3.05) is 38.8 Å². The monoisotopic (exact) mass is 292 g/mol. The normalized spacial score (nSPS) is 17.3. The summed E-state index contributed by atoms with van der Waals surface area (Å²) in [5.41, 5.74) is 0.930. The summed E-state index contributed by atoms with van der Waals surface area (Å²) < 4.78 is 5.29. The van der Waals surface area contributed by atoms with Crippen LogP contribution >= 0.6 is 0 Å². The molecule has 0 saturated heterocycles. The summed E-state index contributed by atoms with van der Waals surface area (Å²) in [4.78, 5) is 2.21. The van der Waals surface area contributed by atoms with Crippen LogP contribution in [0.1, 0.15) is 26.2 Å². The molecule has 0 bridgehead atoms. The third kappa shape index (κ3) is 3.89. The number of methoxy groups -OCH3 is 1. The Balaban J connectivity index is 2.11. The Labute approximate surface area is 128 Å². The number of nitrogens with zero attached hydrogens (tertiary/aromatic N) is 1. The van der Waals surface area contributed by atoms with Crippen molar-refractivity contribution in [1.82, 2.24) is 5.32 Å². The smallest absolute Gasteiger partial charge is 0.120 e. The highest BCUT2D eigenvalue weighted by Crippen LogP contribution is 2.40. The Morgan fingerprint density at radius 3 is 2.76 bits per heavy atom. The molecule has 4 heteroatoms. The van der Waals surface area contributed by atoms with Crippen molar-refractivity contribution >= 4 is 5.69 Å². The highest BCUT2D eigenvalue weighted by atomic mass is 16.5. The van der Waals surface area contributed by atoms with Gasteiger partial charge in [-0.3, -0.25) is 0 Å². The number of aliphatic hydroxyl groups is 1. The van der Waals surface area contributed by atoms with Gasteiger partial charge in [-0.05, 0) is 43.9 Å². The minimum atomic E-state index is -0.187. The van der Waals surface area contributed by atoms with Gasteiger partial charge in [0.15, 0.2) is 0 Å². The maximum absolute atomic E-state index is 10.00. The van der Waals surface area contributed by atoms with Gasteiger partial charge in [0.25, 0.3) is 0 Å². The van der Waals surface area contributed by atoms with Crippen molar-refractivity contribution in [2.45, 2.75) is 31.7 Å². The van der Waals surface area contributed by atoms with E-state index in [9.17, 15) is 5.11 Å². The lowest BCUT2D eigenvalue weighted by Gasteiger charge is -2.38. The number of likely N-dealkylation sites (N-methyl/N-ethyl adjacent to an activating group) is 1. The minimum absolute atomic E-state index is 0.186. The molecule has 1 saturated carbocycles. The average molecular weight is 292 g/mol. The molecule has 0 aliphatic heterocycles. The lowest BCUT2D eigenvalue weighted by Crippen LogP contribution is -2.57. The summed E-state index contributed by atoms with van der Waals surface area (Å²) in [5.74, 6) is 1.45. The zero-order chi connectivity index (χ0) is 15.3. The van der Waals surface area contributed by atoms with Crippen molar-refractivity contribution < 1.29 is 9.84 Å². The highest BCUT2D eigenvalue weighted by molar-refractivity contribution is 5.50. The van der Waals surface area contributed by atoms with Crippen LogP contribution in [0.15, 0.2) is 24.3 Å². The van der Waals surface area contributed by atoms with Gasteiger partial charge in [0.05, 0.1) is 19.3 Å². The van der Waals surface area contributed by atoms with Crippen LogP contribution in [-0.2, 0) is 0 Å². The molecule has 1 aliphatic carbocycles. The van der Waals surface area contributed by atoms with Gasteiger partial charge in [0.1, 0.15) is 5.75 Å². The second-order valence-corrected chi connectivity index (χ2v) is 6.07. The molecular formula is C17H28N2O2. The lowest BCUT2D eigenvalue weighted by molar-refractivity contribution is 0.145. The lowest BCUT2D eigenvalue weighted by atomic mass is 9.93. The number of anilines is 1. The summed E-state index contributed by atoms with van der Waals surface area (Å²) in [6, 6.07) is 8.07. The van der Waals surface area contributed by atoms with Crippen molar-refractivity contribution in [3.8, 4) is 5.75 Å². The predicted octanol–water partition coefficient (Wildman–Crippen LogP) is 2.27. The van der Waals surface area contributed by atoms with Crippen molar-refractivity contribution in [2.24, 2.45) is 5.92 Å². The molecule has 0 amide bonds. The maximum atomic E-state index is 10.00. The number of hydrogen-bond acceptors (Lipinski definition) is 4. The largest absolute Gasteiger partial charge is 0.497 e. The van der Waals surface area contributed by atoms with Crippen LogP contribution < -0.4 is 15.0 Å². The van der Waals surface area contributed by atoms with E-state index in [1.54, 1.807) is 7.11 Å². The van der Waals surface area contributed by atoms with Gasteiger partial charge >= 0.3 is 0 Å². The second-order valence-electron chi connectivity index (χ2n) is 6.07. The standard InChI is InChI=1S/C17H28N2O2/c1-4-10-18-17(13-20,14-8-9-14)12-19(2)15-6-5-7-16(11-15)21-3/h5-7,11,14,18,20H,4,8-10,12-13H2,1-3H3. The first-order valence-corrected chi connectivity index (χ1v) is 7.86. The first-order chi connectivity index (χ1) is 10.1. The highest BCUT2D eigenvalue weighted by Gasteiger charge is 2.45. The van der Waals surface area contributed by atoms with E-state index in [0.717, 1.165) is 30.9 Å². The van der Waals surface area contributed by atoms with E-state index < -0.39 is 0 Å². The van der Waals surface area contributed by atoms with E-state index in [-0.39, 0.29) is 12.1 Å². The number of ether oxygens (including phenoxy) is 1. The third-order valence-electron chi connectivity index (χ3n) is 4.38. The fourth-order valence-electron chi connectivity index (χ4n) is 2.94. The van der Waals surface area contributed by atoms with Gasteiger partial charge in [0.2, 0.25) is 0 Å². The molecule has 1 fully saturated rings. The van der Waals surface area contributed by atoms with E-state index in [4.69, 9.17) is 4.74 Å².